The van der Waals surface area contributed by atoms with E-state index in [4.69, 9.17) is 4.74 Å². The molecule has 0 radical (unpaired) electrons. The number of amides is 2. The SMILES string of the molecule is C[C@H](NC(=O)N(C)C[C@H]1CCC[C@@H]1O)[C@@H](C)Oc1ccccc1. The second kappa shape index (κ2) is 8.20. The van der Waals surface area contributed by atoms with E-state index in [1.165, 1.54) is 0 Å². The zero-order chi connectivity index (χ0) is 16.8. The Balaban J connectivity index is 1.78. The summed E-state index contributed by atoms with van der Waals surface area (Å²) in [5.41, 5.74) is 0. The van der Waals surface area contributed by atoms with Crippen LogP contribution in [0.15, 0.2) is 30.3 Å². The lowest BCUT2D eigenvalue weighted by atomic mass is 10.1. The standard InChI is InChI=1S/C18H28N2O3/c1-13(14(2)23-16-9-5-4-6-10-16)19-18(22)20(3)12-15-8-7-11-17(15)21/h4-6,9-10,13-15,17,21H,7-8,11-12H2,1-3H3,(H,19,22)/t13-,14+,15+,17-/m0/s1. The predicted octanol–water partition coefficient (Wildman–Crippen LogP) is 2.64. The van der Waals surface area contributed by atoms with Crippen LogP contribution in [0.1, 0.15) is 33.1 Å². The molecule has 2 amide bonds. The third-order valence-corrected chi connectivity index (χ3v) is 4.59. The van der Waals surface area contributed by atoms with Crippen molar-refractivity contribution in [2.75, 3.05) is 13.6 Å². The number of urea groups is 1. The Bertz CT molecular complexity index is 494. The van der Waals surface area contributed by atoms with Crippen molar-refractivity contribution in [3.63, 3.8) is 0 Å². The van der Waals surface area contributed by atoms with Gasteiger partial charge in [0.2, 0.25) is 0 Å². The van der Waals surface area contributed by atoms with Gasteiger partial charge in [0.15, 0.2) is 0 Å². The molecule has 0 spiro atoms. The maximum atomic E-state index is 12.3. The number of carbonyl (C=O) groups excluding carboxylic acids is 1. The van der Waals surface area contributed by atoms with E-state index in [1.807, 2.05) is 44.2 Å². The highest BCUT2D eigenvalue weighted by molar-refractivity contribution is 5.74. The minimum absolute atomic E-state index is 0.112. The highest BCUT2D eigenvalue weighted by Gasteiger charge is 2.28. The molecule has 1 aromatic rings. The summed E-state index contributed by atoms with van der Waals surface area (Å²) >= 11 is 0. The van der Waals surface area contributed by atoms with Crippen molar-refractivity contribution >= 4 is 6.03 Å². The van der Waals surface area contributed by atoms with Crippen LogP contribution in [-0.4, -0.2) is 47.9 Å². The van der Waals surface area contributed by atoms with Crippen LogP contribution in [0.4, 0.5) is 4.79 Å². The first-order valence-electron chi connectivity index (χ1n) is 8.38. The summed E-state index contributed by atoms with van der Waals surface area (Å²) in [6.45, 7) is 4.47. The largest absolute Gasteiger partial charge is 0.489 e. The van der Waals surface area contributed by atoms with E-state index >= 15 is 0 Å². The molecule has 1 aliphatic carbocycles. The second-order valence-electron chi connectivity index (χ2n) is 6.51. The Kier molecular flexibility index (Phi) is 6.28. The van der Waals surface area contributed by atoms with Crippen molar-refractivity contribution in [3.05, 3.63) is 30.3 Å². The van der Waals surface area contributed by atoms with Gasteiger partial charge in [-0.05, 0) is 38.8 Å². The predicted molar refractivity (Wildman–Crippen MR) is 90.5 cm³/mol. The molecule has 1 saturated carbocycles. The number of hydrogen-bond donors (Lipinski definition) is 2. The molecule has 4 atom stereocenters. The van der Waals surface area contributed by atoms with Crippen LogP contribution < -0.4 is 10.1 Å². The molecule has 1 aliphatic rings. The lowest BCUT2D eigenvalue weighted by Gasteiger charge is -2.27. The van der Waals surface area contributed by atoms with Gasteiger partial charge < -0.3 is 20.1 Å². The average Bonchev–Trinajstić information content (AvgIpc) is 2.93. The van der Waals surface area contributed by atoms with Crippen molar-refractivity contribution in [3.8, 4) is 5.75 Å². The quantitative estimate of drug-likeness (QED) is 0.847. The normalized spacial score (nSPS) is 23.1. The summed E-state index contributed by atoms with van der Waals surface area (Å²) in [6.07, 6.45) is 2.47. The highest BCUT2D eigenvalue weighted by Crippen LogP contribution is 2.26. The molecule has 0 aromatic heterocycles. The third-order valence-electron chi connectivity index (χ3n) is 4.59. The number of nitrogens with zero attached hydrogens (tertiary/aromatic N) is 1. The van der Waals surface area contributed by atoms with Gasteiger partial charge >= 0.3 is 6.03 Å². The van der Waals surface area contributed by atoms with Crippen molar-refractivity contribution in [1.29, 1.82) is 0 Å². The molecule has 0 aliphatic heterocycles. The van der Waals surface area contributed by atoms with E-state index in [0.717, 1.165) is 25.0 Å². The van der Waals surface area contributed by atoms with Gasteiger partial charge in [0.05, 0.1) is 12.1 Å². The molecular formula is C18H28N2O3. The van der Waals surface area contributed by atoms with Gasteiger partial charge in [0.1, 0.15) is 11.9 Å². The molecule has 0 bridgehead atoms. The smallest absolute Gasteiger partial charge is 0.317 e. The number of hydrogen-bond acceptors (Lipinski definition) is 3. The highest BCUT2D eigenvalue weighted by atomic mass is 16.5. The first-order valence-corrected chi connectivity index (χ1v) is 8.38. The second-order valence-corrected chi connectivity index (χ2v) is 6.51. The van der Waals surface area contributed by atoms with E-state index in [0.29, 0.717) is 6.54 Å². The van der Waals surface area contributed by atoms with Gasteiger partial charge in [0, 0.05) is 19.5 Å². The minimum Gasteiger partial charge on any atom is -0.489 e. The van der Waals surface area contributed by atoms with Crippen LogP contribution in [0.25, 0.3) is 0 Å². The number of aliphatic hydroxyl groups is 1. The summed E-state index contributed by atoms with van der Waals surface area (Å²) in [4.78, 5) is 13.9. The maximum absolute atomic E-state index is 12.3. The Morgan fingerprint density at radius 2 is 2.04 bits per heavy atom. The van der Waals surface area contributed by atoms with Crippen molar-refractivity contribution in [1.82, 2.24) is 10.2 Å². The Labute approximate surface area is 138 Å². The van der Waals surface area contributed by atoms with E-state index < -0.39 is 0 Å². The van der Waals surface area contributed by atoms with Gasteiger partial charge in [-0.15, -0.1) is 0 Å². The summed E-state index contributed by atoms with van der Waals surface area (Å²) < 4.78 is 5.83. The fourth-order valence-corrected chi connectivity index (χ4v) is 2.90. The first kappa shape index (κ1) is 17.6. The monoisotopic (exact) mass is 320 g/mol. The third kappa shape index (κ3) is 5.13. The van der Waals surface area contributed by atoms with Crippen LogP contribution >= 0.6 is 0 Å². The van der Waals surface area contributed by atoms with Crippen molar-refractivity contribution < 1.29 is 14.6 Å². The number of rotatable bonds is 6. The molecule has 2 N–H and O–H groups in total. The fourth-order valence-electron chi connectivity index (χ4n) is 2.90. The Hall–Kier alpha value is -1.75. The molecule has 2 rings (SSSR count). The number of ether oxygens (including phenoxy) is 1. The van der Waals surface area contributed by atoms with E-state index in [-0.39, 0.29) is 30.2 Å². The van der Waals surface area contributed by atoms with Gasteiger partial charge in [-0.2, -0.15) is 0 Å². The number of aliphatic hydroxyl groups excluding tert-OH is 1. The molecule has 0 unspecified atom stereocenters. The van der Waals surface area contributed by atoms with Gasteiger partial charge in [-0.1, -0.05) is 24.6 Å². The van der Waals surface area contributed by atoms with Crippen LogP contribution in [0.2, 0.25) is 0 Å². The molecule has 1 aromatic carbocycles. The van der Waals surface area contributed by atoms with E-state index in [9.17, 15) is 9.90 Å². The zero-order valence-electron chi connectivity index (χ0n) is 14.2. The number of carbonyl (C=O) groups is 1. The fraction of sp³-hybridized carbons (Fsp3) is 0.611. The molecule has 1 fully saturated rings. The first-order chi connectivity index (χ1) is 11.0. The number of nitrogens with one attached hydrogen (secondary N) is 1. The molecule has 5 nitrogen and oxygen atoms in total. The number of para-hydroxylation sites is 1. The van der Waals surface area contributed by atoms with Crippen molar-refractivity contribution in [2.45, 2.75) is 51.4 Å². The summed E-state index contributed by atoms with van der Waals surface area (Å²) in [5.74, 6) is 0.988. The maximum Gasteiger partial charge on any atom is 0.317 e. The lowest BCUT2D eigenvalue weighted by molar-refractivity contribution is 0.111. The lowest BCUT2D eigenvalue weighted by Crippen LogP contribution is -2.48. The summed E-state index contributed by atoms with van der Waals surface area (Å²) in [6, 6.07) is 9.35. The average molecular weight is 320 g/mol. The molecule has 0 saturated heterocycles. The molecule has 23 heavy (non-hydrogen) atoms. The van der Waals surface area contributed by atoms with Crippen LogP contribution in [0.3, 0.4) is 0 Å². The van der Waals surface area contributed by atoms with Gasteiger partial charge in [-0.25, -0.2) is 4.79 Å². The molecule has 5 heteroatoms. The molecule has 128 valence electrons. The van der Waals surface area contributed by atoms with Crippen molar-refractivity contribution in [2.24, 2.45) is 5.92 Å². The number of benzene rings is 1. The van der Waals surface area contributed by atoms with Gasteiger partial charge in [-0.3, -0.25) is 0 Å². The van der Waals surface area contributed by atoms with E-state index in [2.05, 4.69) is 5.32 Å². The summed E-state index contributed by atoms with van der Waals surface area (Å²) in [5, 5.41) is 12.8. The van der Waals surface area contributed by atoms with Gasteiger partial charge in [0.25, 0.3) is 0 Å². The topological polar surface area (TPSA) is 61.8 Å². The Morgan fingerprint density at radius 3 is 2.65 bits per heavy atom. The van der Waals surface area contributed by atoms with Crippen LogP contribution in [0.5, 0.6) is 5.75 Å². The zero-order valence-corrected chi connectivity index (χ0v) is 14.2. The molecule has 0 heterocycles. The Morgan fingerprint density at radius 1 is 1.35 bits per heavy atom. The minimum atomic E-state index is -0.275. The summed E-state index contributed by atoms with van der Waals surface area (Å²) in [7, 11) is 1.77. The van der Waals surface area contributed by atoms with Crippen LogP contribution in [0, 0.1) is 5.92 Å². The molecular weight excluding hydrogens is 292 g/mol. The van der Waals surface area contributed by atoms with Crippen LogP contribution in [-0.2, 0) is 0 Å². The van der Waals surface area contributed by atoms with E-state index in [1.54, 1.807) is 11.9 Å².